The van der Waals surface area contributed by atoms with Gasteiger partial charge in [0.2, 0.25) is 5.91 Å². The summed E-state index contributed by atoms with van der Waals surface area (Å²) in [6.45, 7) is 8.51. The van der Waals surface area contributed by atoms with Gasteiger partial charge in [-0.1, -0.05) is 16.5 Å². The van der Waals surface area contributed by atoms with Crippen LogP contribution < -0.4 is 5.32 Å². The van der Waals surface area contributed by atoms with Crippen molar-refractivity contribution in [1.29, 1.82) is 0 Å². The van der Waals surface area contributed by atoms with Crippen molar-refractivity contribution in [3.63, 3.8) is 0 Å². The Labute approximate surface area is 137 Å². The number of rotatable bonds is 3. The van der Waals surface area contributed by atoms with E-state index in [0.717, 1.165) is 38.6 Å². The minimum Gasteiger partial charge on any atom is -0.390 e. The quantitative estimate of drug-likeness (QED) is 0.780. The number of likely N-dealkylation sites (tertiary alicyclic amines) is 1. The number of hydrogen-bond acceptors (Lipinski definition) is 3. The van der Waals surface area contributed by atoms with Crippen molar-refractivity contribution in [3.05, 3.63) is 16.5 Å². The zero-order valence-corrected chi connectivity index (χ0v) is 13.8. The molecule has 0 spiro atoms. The molecule has 0 aromatic heterocycles. The van der Waals surface area contributed by atoms with E-state index in [1.54, 1.807) is 4.90 Å². The fourth-order valence-electron chi connectivity index (χ4n) is 5.37. The highest BCUT2D eigenvalue weighted by molar-refractivity contribution is 5.79. The van der Waals surface area contributed by atoms with Gasteiger partial charge in [-0.25, -0.2) is 0 Å². The maximum Gasteiger partial charge on any atom is 0.349 e. The van der Waals surface area contributed by atoms with Crippen LogP contribution in [0, 0.1) is 18.4 Å². The molecule has 1 heterocycles. The first-order valence-corrected chi connectivity index (χ1v) is 8.80. The molecule has 5 heteroatoms. The molecule has 2 bridgehead atoms. The highest BCUT2D eigenvalue weighted by atomic mass is 16.3. The van der Waals surface area contributed by atoms with Gasteiger partial charge in [0.1, 0.15) is 0 Å². The first-order valence-electron chi connectivity index (χ1n) is 8.80. The lowest BCUT2D eigenvalue weighted by Crippen LogP contribution is -2.51. The van der Waals surface area contributed by atoms with Crippen LogP contribution in [0.4, 0.5) is 0 Å². The summed E-state index contributed by atoms with van der Waals surface area (Å²) in [5.74, 6) is 1.32. The van der Waals surface area contributed by atoms with Crippen molar-refractivity contribution >= 4 is 5.91 Å². The second kappa shape index (κ2) is 5.06. The molecule has 3 fully saturated rings. The van der Waals surface area contributed by atoms with Crippen LogP contribution in [0.5, 0.6) is 0 Å². The highest BCUT2D eigenvalue weighted by Crippen LogP contribution is 2.59. The number of amides is 1. The Morgan fingerprint density at radius 1 is 1.57 bits per heavy atom. The summed E-state index contributed by atoms with van der Waals surface area (Å²) in [5, 5.41) is 14.3. The number of allylic oxidation sites excluding steroid dienone is 1. The Hall–Kier alpha value is -1.38. The predicted octanol–water partition coefficient (Wildman–Crippen LogP) is 1.74. The molecule has 23 heavy (non-hydrogen) atoms. The van der Waals surface area contributed by atoms with Crippen LogP contribution >= 0.6 is 0 Å². The standard InChI is InChI=1S/C18H26N3O2/c1-17(20-10-16(22)21-5-3-4-15(21)19-2)7-12-6-13-8-18(23,11-17)9-14(12)13/h2,7,13-15,20,23H,3-6,8-11H2,1H3/q+1/t13?,14?,15-,17?,18?/m0/s1. The number of hydrogen-bond donors (Lipinski definition) is 2. The number of nitrogens with one attached hydrogen (secondary N) is 1. The topological polar surface area (TPSA) is 56.9 Å². The van der Waals surface area contributed by atoms with Gasteiger partial charge in [-0.05, 0) is 50.9 Å². The fourth-order valence-corrected chi connectivity index (χ4v) is 5.37. The van der Waals surface area contributed by atoms with Gasteiger partial charge in [0.05, 0.1) is 18.6 Å². The summed E-state index contributed by atoms with van der Waals surface area (Å²) in [6.07, 6.45) is 7.56. The molecule has 5 nitrogen and oxygen atoms in total. The van der Waals surface area contributed by atoms with Crippen molar-refractivity contribution in [2.45, 2.75) is 62.8 Å². The molecule has 4 rings (SSSR count). The van der Waals surface area contributed by atoms with Crippen LogP contribution in [-0.2, 0) is 4.79 Å². The zero-order chi connectivity index (χ0) is 16.2. The monoisotopic (exact) mass is 316 g/mol. The number of aliphatic hydroxyl groups is 1. The molecule has 5 atom stereocenters. The molecule has 4 unspecified atom stereocenters. The Bertz CT molecular complexity index is 610. The Balaban J connectivity index is 1.44. The van der Waals surface area contributed by atoms with E-state index in [-0.39, 0.29) is 24.2 Å². The van der Waals surface area contributed by atoms with Crippen LogP contribution in [0.25, 0.3) is 4.85 Å². The Kier molecular flexibility index (Phi) is 3.33. The lowest BCUT2D eigenvalue weighted by Gasteiger charge is -2.40. The maximum atomic E-state index is 12.5. The number of carbonyl (C=O) groups is 1. The molecule has 0 aromatic carbocycles. The van der Waals surface area contributed by atoms with Crippen molar-refractivity contribution in [3.8, 4) is 6.57 Å². The van der Waals surface area contributed by atoms with Crippen molar-refractivity contribution in [2.75, 3.05) is 13.1 Å². The second-order valence-electron chi connectivity index (χ2n) is 8.23. The minimum absolute atomic E-state index is 0.0502. The van der Waals surface area contributed by atoms with Crippen LogP contribution in [0.1, 0.15) is 45.4 Å². The van der Waals surface area contributed by atoms with Crippen LogP contribution in [0.15, 0.2) is 11.6 Å². The Morgan fingerprint density at radius 2 is 2.39 bits per heavy atom. The first kappa shape index (κ1) is 15.2. The van der Waals surface area contributed by atoms with E-state index < -0.39 is 5.60 Å². The molecule has 1 aliphatic heterocycles. The third-order valence-electron chi connectivity index (χ3n) is 6.34. The lowest BCUT2D eigenvalue weighted by molar-refractivity contribution is -0.130. The van der Waals surface area contributed by atoms with Gasteiger partial charge in [0, 0.05) is 12.1 Å². The molecule has 4 aliphatic rings. The molecule has 2 N–H and O–H groups in total. The second-order valence-corrected chi connectivity index (χ2v) is 8.23. The molecular formula is C18H26N3O2+. The first-order chi connectivity index (χ1) is 10.9. The molecule has 0 radical (unpaired) electrons. The van der Waals surface area contributed by atoms with E-state index in [1.807, 2.05) is 0 Å². The summed E-state index contributed by atoms with van der Waals surface area (Å²) >= 11 is 0. The largest absolute Gasteiger partial charge is 0.390 e. The smallest absolute Gasteiger partial charge is 0.349 e. The summed E-state index contributed by atoms with van der Waals surface area (Å²) < 4.78 is 0. The van der Waals surface area contributed by atoms with Crippen LogP contribution in [0.2, 0.25) is 0 Å². The molecule has 3 aliphatic carbocycles. The van der Waals surface area contributed by atoms with Gasteiger partial charge in [-0.15, -0.1) is 0 Å². The molecule has 2 saturated carbocycles. The fraction of sp³-hybridized carbons (Fsp3) is 0.778. The lowest BCUT2D eigenvalue weighted by atomic mass is 9.69. The molecule has 124 valence electrons. The minimum atomic E-state index is -0.572. The van der Waals surface area contributed by atoms with Gasteiger partial charge >= 0.3 is 6.17 Å². The van der Waals surface area contributed by atoms with Gasteiger partial charge in [-0.3, -0.25) is 15.0 Å². The molecule has 0 aromatic rings. The van der Waals surface area contributed by atoms with E-state index in [4.69, 9.17) is 6.57 Å². The zero-order valence-electron chi connectivity index (χ0n) is 13.8. The number of nitrogens with zero attached hydrogens (tertiary/aromatic N) is 2. The SMILES string of the molecule is C#[N+][C@@H]1CCCN1C(=O)CNC1(C)C=C2CC3CC(O)(CC23)C1. The van der Waals surface area contributed by atoms with Crippen LogP contribution in [-0.4, -0.2) is 46.3 Å². The van der Waals surface area contributed by atoms with Gasteiger partial charge in [-0.2, -0.15) is 0 Å². The number of fused-ring (bicyclic) bond motifs is 1. The van der Waals surface area contributed by atoms with Crippen molar-refractivity contribution < 1.29 is 9.90 Å². The molecular weight excluding hydrogens is 290 g/mol. The highest BCUT2D eigenvalue weighted by Gasteiger charge is 2.55. The van der Waals surface area contributed by atoms with E-state index in [2.05, 4.69) is 23.2 Å². The van der Waals surface area contributed by atoms with Gasteiger partial charge in [0.15, 0.2) is 0 Å². The average Bonchev–Trinajstić information content (AvgIpc) is 3.03. The summed E-state index contributed by atoms with van der Waals surface area (Å²) in [7, 11) is 0. The Morgan fingerprint density at radius 3 is 3.17 bits per heavy atom. The summed E-state index contributed by atoms with van der Waals surface area (Å²) in [6, 6.07) is 0. The molecule has 1 saturated heterocycles. The van der Waals surface area contributed by atoms with E-state index in [1.165, 1.54) is 5.57 Å². The van der Waals surface area contributed by atoms with Gasteiger partial charge < -0.3 is 5.11 Å². The maximum absolute atomic E-state index is 12.5. The summed E-state index contributed by atoms with van der Waals surface area (Å²) in [5.41, 5.74) is 0.592. The van der Waals surface area contributed by atoms with Crippen molar-refractivity contribution in [2.24, 2.45) is 11.8 Å². The van der Waals surface area contributed by atoms with E-state index in [0.29, 0.717) is 18.3 Å². The third-order valence-corrected chi connectivity index (χ3v) is 6.34. The average molecular weight is 316 g/mol. The normalized spacial score (nSPS) is 44.3. The third kappa shape index (κ3) is 2.49. The van der Waals surface area contributed by atoms with Crippen molar-refractivity contribution in [1.82, 2.24) is 10.2 Å². The van der Waals surface area contributed by atoms with Gasteiger partial charge in [0.25, 0.3) is 6.57 Å². The van der Waals surface area contributed by atoms with E-state index in [9.17, 15) is 9.90 Å². The molecule has 1 amide bonds. The van der Waals surface area contributed by atoms with E-state index >= 15 is 0 Å². The van der Waals surface area contributed by atoms with Crippen LogP contribution in [0.3, 0.4) is 0 Å². The summed E-state index contributed by atoms with van der Waals surface area (Å²) in [4.78, 5) is 18.0. The number of carbonyl (C=O) groups excluding carboxylic acids is 1. The predicted molar refractivity (Wildman–Crippen MR) is 87.9 cm³/mol.